The van der Waals surface area contributed by atoms with E-state index in [-0.39, 0.29) is 17.3 Å². The molecule has 1 aliphatic heterocycles. The van der Waals surface area contributed by atoms with Gasteiger partial charge in [-0.15, -0.1) is 0 Å². The molecule has 6 rings (SSSR count). The molecule has 2 aliphatic rings. The number of hydrogen-bond donors (Lipinski definition) is 1. The monoisotopic (exact) mass is 480 g/mol. The average molecular weight is 480 g/mol. The van der Waals surface area contributed by atoms with Crippen molar-refractivity contribution in [2.45, 2.75) is 44.8 Å². The maximum absolute atomic E-state index is 15.4. The van der Waals surface area contributed by atoms with E-state index in [1.807, 2.05) is 6.92 Å². The van der Waals surface area contributed by atoms with E-state index in [0.29, 0.717) is 45.7 Å². The van der Waals surface area contributed by atoms with Crippen LogP contribution in [0.25, 0.3) is 22.5 Å². The molecule has 2 bridgehead atoms. The number of hydrogen-bond acceptors (Lipinski definition) is 5. The first-order valence-electron chi connectivity index (χ1n) is 11.4. The van der Waals surface area contributed by atoms with Crippen molar-refractivity contribution in [3.05, 3.63) is 64.9 Å². The highest BCUT2D eigenvalue weighted by atomic mass is 19.3. The van der Waals surface area contributed by atoms with E-state index < -0.39 is 30.2 Å². The van der Waals surface area contributed by atoms with Crippen LogP contribution in [0.5, 0.6) is 5.75 Å². The highest BCUT2D eigenvalue weighted by Crippen LogP contribution is 2.55. The highest BCUT2D eigenvalue weighted by molar-refractivity contribution is 5.75. The van der Waals surface area contributed by atoms with Crippen molar-refractivity contribution in [1.29, 1.82) is 0 Å². The fourth-order valence-electron chi connectivity index (χ4n) is 5.32. The first-order chi connectivity index (χ1) is 16.7. The Morgan fingerprint density at radius 1 is 1.20 bits per heavy atom. The molecular weight excluding hydrogens is 457 g/mol. The maximum Gasteiger partial charge on any atom is 0.292 e. The van der Waals surface area contributed by atoms with Crippen LogP contribution in [-0.2, 0) is 19.5 Å². The first kappa shape index (κ1) is 21.7. The molecule has 4 aromatic rings. The van der Waals surface area contributed by atoms with Crippen LogP contribution in [0.2, 0.25) is 0 Å². The standard InChI is InChI=1S/C25H23F3N6O/c1-4-34-22-13-7-19(24(29)30-10-13)35-12(2)16-8-14(26)5-6-15(16)21-18(11-33(3)31-21)17-9-25(27,28)23(32-34)20(17)22/h5-8,10-12,17H,4,9H2,1-3H3,(H2,29,30)/t12-,17?/m1/s1. The molecule has 2 atom stereocenters. The molecule has 1 aromatic carbocycles. The number of anilines is 1. The Hall–Kier alpha value is -3.82. The molecule has 3 aromatic heterocycles. The third kappa shape index (κ3) is 3.15. The topological polar surface area (TPSA) is 83.8 Å². The van der Waals surface area contributed by atoms with Crippen molar-refractivity contribution in [1.82, 2.24) is 24.5 Å². The van der Waals surface area contributed by atoms with E-state index in [1.54, 1.807) is 47.9 Å². The lowest BCUT2D eigenvalue weighted by Crippen LogP contribution is -2.14. The number of alkyl halides is 2. The molecule has 1 aliphatic carbocycles. The largest absolute Gasteiger partial charge is 0.482 e. The van der Waals surface area contributed by atoms with Crippen LogP contribution < -0.4 is 10.5 Å². The van der Waals surface area contributed by atoms with Gasteiger partial charge in [0.15, 0.2) is 11.6 Å². The second kappa shape index (κ2) is 7.34. The van der Waals surface area contributed by atoms with E-state index in [2.05, 4.69) is 15.2 Å². The lowest BCUT2D eigenvalue weighted by atomic mass is 9.88. The number of benzene rings is 1. The summed E-state index contributed by atoms with van der Waals surface area (Å²) in [4.78, 5) is 4.28. The quantitative estimate of drug-likeness (QED) is 0.407. The van der Waals surface area contributed by atoms with E-state index in [0.717, 1.165) is 0 Å². The fraction of sp³-hybridized carbons (Fsp3) is 0.320. The van der Waals surface area contributed by atoms with Crippen LogP contribution in [0.3, 0.4) is 0 Å². The van der Waals surface area contributed by atoms with Gasteiger partial charge in [-0.05, 0) is 38.1 Å². The summed E-state index contributed by atoms with van der Waals surface area (Å²) >= 11 is 0. The van der Waals surface area contributed by atoms with Crippen LogP contribution in [0, 0.1) is 5.82 Å². The predicted molar refractivity (Wildman–Crippen MR) is 124 cm³/mol. The molecule has 10 heteroatoms. The third-order valence-corrected chi connectivity index (χ3v) is 6.84. The van der Waals surface area contributed by atoms with Gasteiger partial charge in [-0.1, -0.05) is 0 Å². The Bertz CT molecular complexity index is 1490. The molecule has 0 fully saturated rings. The smallest absolute Gasteiger partial charge is 0.292 e. The number of rotatable bonds is 1. The van der Waals surface area contributed by atoms with Gasteiger partial charge in [-0.2, -0.15) is 19.0 Å². The molecular formula is C25H23F3N6O. The van der Waals surface area contributed by atoms with E-state index in [1.165, 1.54) is 12.1 Å². The number of nitrogens with zero attached hydrogens (tertiary/aromatic N) is 5. The van der Waals surface area contributed by atoms with Crippen LogP contribution in [0.1, 0.15) is 54.7 Å². The number of halogens is 3. The second-order valence-corrected chi connectivity index (χ2v) is 9.09. The summed E-state index contributed by atoms with van der Waals surface area (Å²) in [6.45, 7) is 4.03. The molecule has 4 heterocycles. The minimum atomic E-state index is -3.12. The van der Waals surface area contributed by atoms with Crippen LogP contribution in [-0.4, -0.2) is 24.5 Å². The van der Waals surface area contributed by atoms with Crippen molar-refractivity contribution in [2.24, 2.45) is 7.05 Å². The Morgan fingerprint density at radius 2 is 2.00 bits per heavy atom. The second-order valence-electron chi connectivity index (χ2n) is 9.09. The number of pyridine rings is 1. The normalized spacial score (nSPS) is 19.7. The van der Waals surface area contributed by atoms with E-state index in [9.17, 15) is 4.39 Å². The summed E-state index contributed by atoms with van der Waals surface area (Å²) in [6, 6.07) is 6.03. The zero-order valence-corrected chi connectivity index (χ0v) is 19.4. The number of nitrogens with two attached hydrogens (primary N) is 1. The van der Waals surface area contributed by atoms with Gasteiger partial charge in [0.05, 0.1) is 11.4 Å². The van der Waals surface area contributed by atoms with E-state index >= 15 is 8.78 Å². The molecule has 0 radical (unpaired) electrons. The van der Waals surface area contributed by atoms with Gasteiger partial charge in [0.2, 0.25) is 0 Å². The Labute approximate surface area is 199 Å². The molecule has 0 spiro atoms. The summed E-state index contributed by atoms with van der Waals surface area (Å²) in [5.41, 5.74) is 9.74. The zero-order chi connectivity index (χ0) is 24.6. The minimum Gasteiger partial charge on any atom is -0.482 e. The average Bonchev–Trinajstić information content (AvgIpc) is 3.46. The van der Waals surface area contributed by atoms with E-state index in [4.69, 9.17) is 10.5 Å². The van der Waals surface area contributed by atoms with Crippen molar-refractivity contribution in [3.8, 4) is 28.3 Å². The van der Waals surface area contributed by atoms with Crippen molar-refractivity contribution >= 4 is 5.82 Å². The molecule has 7 nitrogen and oxygen atoms in total. The number of aryl methyl sites for hydroxylation is 2. The molecule has 1 unspecified atom stereocenters. The van der Waals surface area contributed by atoms with Gasteiger partial charge in [0.1, 0.15) is 17.6 Å². The molecule has 180 valence electrons. The van der Waals surface area contributed by atoms with Crippen LogP contribution in [0.4, 0.5) is 19.0 Å². The summed E-state index contributed by atoms with van der Waals surface area (Å²) in [5.74, 6) is -3.80. The van der Waals surface area contributed by atoms with Gasteiger partial charge in [-0.3, -0.25) is 9.36 Å². The van der Waals surface area contributed by atoms with Crippen molar-refractivity contribution < 1.29 is 17.9 Å². The van der Waals surface area contributed by atoms with Gasteiger partial charge in [-0.25, -0.2) is 9.37 Å². The lowest BCUT2D eigenvalue weighted by molar-refractivity contribution is -0.00986. The van der Waals surface area contributed by atoms with Crippen LogP contribution in [0.15, 0.2) is 36.7 Å². The SMILES string of the molecule is CCn1nc2c3c1-c1cnc(N)c(c1)O[C@H](C)c1cc(F)ccc1-c1nn(C)cc1C3CC2(F)F. The molecule has 2 N–H and O–H groups in total. The van der Waals surface area contributed by atoms with Gasteiger partial charge >= 0.3 is 0 Å². The predicted octanol–water partition coefficient (Wildman–Crippen LogP) is 5.17. The molecule has 35 heavy (non-hydrogen) atoms. The minimum absolute atomic E-state index is 0.148. The molecule has 0 saturated heterocycles. The maximum atomic E-state index is 15.4. The summed E-state index contributed by atoms with van der Waals surface area (Å²) < 4.78 is 54.5. The summed E-state index contributed by atoms with van der Waals surface area (Å²) in [6.07, 6.45) is 2.26. The fourth-order valence-corrected chi connectivity index (χ4v) is 5.32. The van der Waals surface area contributed by atoms with Gasteiger partial charge in [0, 0.05) is 66.1 Å². The van der Waals surface area contributed by atoms with Gasteiger partial charge in [0.25, 0.3) is 5.92 Å². The van der Waals surface area contributed by atoms with Gasteiger partial charge < -0.3 is 10.5 Å². The lowest BCUT2D eigenvalue weighted by Gasteiger charge is -2.22. The highest BCUT2D eigenvalue weighted by Gasteiger charge is 2.51. The number of fused-ring (bicyclic) bond motifs is 7. The van der Waals surface area contributed by atoms with Crippen molar-refractivity contribution in [2.75, 3.05) is 5.73 Å². The summed E-state index contributed by atoms with van der Waals surface area (Å²) in [5, 5.41) is 8.96. The number of aromatic nitrogens is 5. The van der Waals surface area contributed by atoms with Crippen molar-refractivity contribution in [3.63, 3.8) is 0 Å². The molecule has 0 saturated carbocycles. The third-order valence-electron chi connectivity index (χ3n) is 6.84. The van der Waals surface area contributed by atoms with Crippen LogP contribution >= 0.6 is 0 Å². The summed E-state index contributed by atoms with van der Waals surface area (Å²) in [7, 11) is 1.74. The Kier molecular flexibility index (Phi) is 4.55. The number of ether oxygens (including phenoxy) is 1. The first-order valence-corrected chi connectivity index (χ1v) is 11.4. The zero-order valence-electron chi connectivity index (χ0n) is 19.4. The number of nitrogen functional groups attached to an aromatic ring is 1. The Morgan fingerprint density at radius 3 is 2.77 bits per heavy atom. The Balaban J connectivity index is 1.73. The molecule has 0 amide bonds.